The smallest absolute Gasteiger partial charge is 0.251 e. The lowest BCUT2D eigenvalue weighted by molar-refractivity contribution is -0.132. The van der Waals surface area contributed by atoms with E-state index in [2.05, 4.69) is 10.6 Å². The molecule has 6 heteroatoms. The highest BCUT2D eigenvalue weighted by Gasteiger charge is 2.22. The SMILES string of the molecule is CC1CNCCN1C(=O)CNC(=O)c1ccccc1.Cl. The van der Waals surface area contributed by atoms with Gasteiger partial charge in [0.25, 0.3) is 5.91 Å². The van der Waals surface area contributed by atoms with Gasteiger partial charge in [0, 0.05) is 31.2 Å². The number of hydrogen-bond donors (Lipinski definition) is 2. The van der Waals surface area contributed by atoms with E-state index in [0.717, 1.165) is 13.1 Å². The maximum absolute atomic E-state index is 12.0. The molecule has 1 atom stereocenters. The van der Waals surface area contributed by atoms with Crippen molar-refractivity contribution in [1.82, 2.24) is 15.5 Å². The topological polar surface area (TPSA) is 61.4 Å². The number of carbonyl (C=O) groups excluding carboxylic acids is 2. The van der Waals surface area contributed by atoms with Crippen LogP contribution in [0.4, 0.5) is 0 Å². The number of halogens is 1. The zero-order valence-corrected chi connectivity index (χ0v) is 12.3. The Balaban J connectivity index is 0.00000200. The Morgan fingerprint density at radius 3 is 2.70 bits per heavy atom. The summed E-state index contributed by atoms with van der Waals surface area (Å²) in [4.78, 5) is 25.7. The van der Waals surface area contributed by atoms with Crippen molar-refractivity contribution in [1.29, 1.82) is 0 Å². The molecule has 20 heavy (non-hydrogen) atoms. The lowest BCUT2D eigenvalue weighted by atomic mass is 10.2. The molecule has 0 radical (unpaired) electrons. The number of rotatable bonds is 3. The van der Waals surface area contributed by atoms with Gasteiger partial charge in [-0.05, 0) is 19.1 Å². The van der Waals surface area contributed by atoms with E-state index in [-0.39, 0.29) is 36.8 Å². The highest BCUT2D eigenvalue weighted by Crippen LogP contribution is 2.03. The second-order valence-corrected chi connectivity index (χ2v) is 4.69. The Bertz CT molecular complexity index is 453. The number of nitrogens with one attached hydrogen (secondary N) is 2. The molecule has 0 saturated carbocycles. The quantitative estimate of drug-likeness (QED) is 0.861. The molecule has 1 aliphatic heterocycles. The molecule has 2 rings (SSSR count). The highest BCUT2D eigenvalue weighted by molar-refractivity contribution is 5.96. The summed E-state index contributed by atoms with van der Waals surface area (Å²) in [5.74, 6) is -0.241. The van der Waals surface area contributed by atoms with Gasteiger partial charge in [0.2, 0.25) is 5.91 Å². The normalized spacial score (nSPS) is 18.1. The Morgan fingerprint density at radius 1 is 1.35 bits per heavy atom. The van der Waals surface area contributed by atoms with Gasteiger partial charge < -0.3 is 15.5 Å². The predicted octanol–water partition coefficient (Wildman–Crippen LogP) is 0.659. The van der Waals surface area contributed by atoms with Crippen molar-refractivity contribution in [2.24, 2.45) is 0 Å². The summed E-state index contributed by atoms with van der Waals surface area (Å²) in [5, 5.41) is 5.89. The maximum atomic E-state index is 12.0. The van der Waals surface area contributed by atoms with E-state index in [9.17, 15) is 9.59 Å². The van der Waals surface area contributed by atoms with Crippen LogP contribution in [-0.4, -0.2) is 48.9 Å². The zero-order chi connectivity index (χ0) is 13.7. The monoisotopic (exact) mass is 297 g/mol. The van der Waals surface area contributed by atoms with Crippen LogP contribution in [0, 0.1) is 0 Å². The molecule has 0 aliphatic carbocycles. The molecular formula is C14H20ClN3O2. The van der Waals surface area contributed by atoms with E-state index < -0.39 is 0 Å². The largest absolute Gasteiger partial charge is 0.343 e. The van der Waals surface area contributed by atoms with Crippen LogP contribution in [-0.2, 0) is 4.79 Å². The second-order valence-electron chi connectivity index (χ2n) is 4.69. The van der Waals surface area contributed by atoms with Gasteiger partial charge in [-0.25, -0.2) is 0 Å². The molecule has 0 bridgehead atoms. The van der Waals surface area contributed by atoms with Crippen molar-refractivity contribution in [2.75, 3.05) is 26.2 Å². The lowest BCUT2D eigenvalue weighted by Gasteiger charge is -2.34. The molecule has 1 aromatic carbocycles. The van der Waals surface area contributed by atoms with E-state index in [1.54, 1.807) is 24.3 Å². The first-order valence-electron chi connectivity index (χ1n) is 6.52. The molecule has 0 spiro atoms. The molecule has 110 valence electrons. The van der Waals surface area contributed by atoms with Crippen molar-refractivity contribution in [3.63, 3.8) is 0 Å². The van der Waals surface area contributed by atoms with Crippen LogP contribution in [0.25, 0.3) is 0 Å². The Kier molecular flexibility index (Phi) is 6.48. The average molecular weight is 298 g/mol. The van der Waals surface area contributed by atoms with E-state index >= 15 is 0 Å². The predicted molar refractivity (Wildman–Crippen MR) is 80.1 cm³/mol. The number of hydrogen-bond acceptors (Lipinski definition) is 3. The molecule has 1 aliphatic rings. The molecule has 2 N–H and O–H groups in total. The first-order chi connectivity index (χ1) is 9.18. The first-order valence-corrected chi connectivity index (χ1v) is 6.52. The standard InChI is InChI=1S/C14H19N3O2.ClH/c1-11-9-15-7-8-17(11)13(18)10-16-14(19)12-5-3-2-4-6-12;/h2-6,11,15H,7-10H2,1H3,(H,16,19);1H. The molecule has 5 nitrogen and oxygen atoms in total. The highest BCUT2D eigenvalue weighted by atomic mass is 35.5. The van der Waals surface area contributed by atoms with E-state index in [1.165, 1.54) is 0 Å². The molecule has 1 fully saturated rings. The fourth-order valence-corrected chi connectivity index (χ4v) is 2.16. The van der Waals surface area contributed by atoms with Crippen LogP contribution in [0.1, 0.15) is 17.3 Å². The van der Waals surface area contributed by atoms with Gasteiger partial charge >= 0.3 is 0 Å². The summed E-state index contributed by atoms with van der Waals surface area (Å²) in [5.41, 5.74) is 0.573. The zero-order valence-electron chi connectivity index (χ0n) is 11.5. The summed E-state index contributed by atoms with van der Waals surface area (Å²) in [7, 11) is 0. The van der Waals surface area contributed by atoms with E-state index in [0.29, 0.717) is 12.1 Å². The second kappa shape index (κ2) is 7.87. The van der Waals surface area contributed by atoms with Crippen molar-refractivity contribution in [3.05, 3.63) is 35.9 Å². The van der Waals surface area contributed by atoms with Crippen molar-refractivity contribution < 1.29 is 9.59 Å². The van der Waals surface area contributed by atoms with Gasteiger partial charge in [0.15, 0.2) is 0 Å². The van der Waals surface area contributed by atoms with Crippen LogP contribution in [0.15, 0.2) is 30.3 Å². The third kappa shape index (κ3) is 4.21. The summed E-state index contributed by atoms with van der Waals surface area (Å²) < 4.78 is 0. The number of piperazine rings is 1. The summed E-state index contributed by atoms with van der Waals surface area (Å²) in [6, 6.07) is 9.09. The average Bonchev–Trinajstić information content (AvgIpc) is 2.46. The minimum atomic E-state index is -0.211. The Morgan fingerprint density at radius 2 is 2.05 bits per heavy atom. The fraction of sp³-hybridized carbons (Fsp3) is 0.429. The van der Waals surface area contributed by atoms with Gasteiger partial charge in [-0.2, -0.15) is 0 Å². The van der Waals surface area contributed by atoms with Gasteiger partial charge in [-0.1, -0.05) is 18.2 Å². The molecular weight excluding hydrogens is 278 g/mol. The van der Waals surface area contributed by atoms with Gasteiger partial charge in [-0.15, -0.1) is 12.4 Å². The van der Waals surface area contributed by atoms with Crippen molar-refractivity contribution in [3.8, 4) is 0 Å². The van der Waals surface area contributed by atoms with Gasteiger partial charge in [0.1, 0.15) is 0 Å². The molecule has 1 saturated heterocycles. The maximum Gasteiger partial charge on any atom is 0.251 e. The van der Waals surface area contributed by atoms with E-state index in [1.807, 2.05) is 17.9 Å². The Labute approximate surface area is 125 Å². The van der Waals surface area contributed by atoms with E-state index in [4.69, 9.17) is 0 Å². The van der Waals surface area contributed by atoms with Crippen LogP contribution < -0.4 is 10.6 Å². The van der Waals surface area contributed by atoms with Crippen LogP contribution in [0.3, 0.4) is 0 Å². The molecule has 0 aromatic heterocycles. The van der Waals surface area contributed by atoms with Crippen LogP contribution in [0.5, 0.6) is 0 Å². The number of carbonyl (C=O) groups is 2. The van der Waals surface area contributed by atoms with Crippen LogP contribution >= 0.6 is 12.4 Å². The third-order valence-corrected chi connectivity index (χ3v) is 3.26. The third-order valence-electron chi connectivity index (χ3n) is 3.26. The summed E-state index contributed by atoms with van der Waals surface area (Å²) in [6.07, 6.45) is 0. The molecule has 1 unspecified atom stereocenters. The summed E-state index contributed by atoms with van der Waals surface area (Å²) in [6.45, 7) is 4.36. The van der Waals surface area contributed by atoms with Crippen LogP contribution in [0.2, 0.25) is 0 Å². The van der Waals surface area contributed by atoms with Gasteiger partial charge in [0.05, 0.1) is 6.54 Å². The Hall–Kier alpha value is -1.59. The number of nitrogens with zero attached hydrogens (tertiary/aromatic N) is 1. The summed E-state index contributed by atoms with van der Waals surface area (Å²) >= 11 is 0. The number of amides is 2. The van der Waals surface area contributed by atoms with Gasteiger partial charge in [-0.3, -0.25) is 9.59 Å². The molecule has 1 heterocycles. The lowest BCUT2D eigenvalue weighted by Crippen LogP contribution is -2.54. The van der Waals surface area contributed by atoms with Crippen molar-refractivity contribution in [2.45, 2.75) is 13.0 Å². The molecule has 2 amide bonds. The minimum absolute atomic E-state index is 0. The minimum Gasteiger partial charge on any atom is -0.343 e. The first kappa shape index (κ1) is 16.5. The molecule has 1 aromatic rings. The fourth-order valence-electron chi connectivity index (χ4n) is 2.16. The van der Waals surface area contributed by atoms with Crippen molar-refractivity contribution >= 4 is 24.2 Å². The number of benzene rings is 1.